The first-order valence-corrected chi connectivity index (χ1v) is 6.08. The van der Waals surface area contributed by atoms with Crippen molar-refractivity contribution < 1.29 is 4.79 Å². The Labute approximate surface area is 102 Å². The van der Waals surface area contributed by atoms with Crippen molar-refractivity contribution in [2.24, 2.45) is 11.8 Å². The SMILES string of the molecule is CC1CCCC1C(=O)N(C)c1ccncc1N. The molecule has 2 N–H and O–H groups in total. The maximum atomic E-state index is 12.4. The number of hydrogen-bond acceptors (Lipinski definition) is 3. The van der Waals surface area contributed by atoms with Crippen molar-refractivity contribution in [3.63, 3.8) is 0 Å². The van der Waals surface area contributed by atoms with Gasteiger partial charge in [-0.3, -0.25) is 9.78 Å². The van der Waals surface area contributed by atoms with Crippen LogP contribution >= 0.6 is 0 Å². The van der Waals surface area contributed by atoms with Gasteiger partial charge in [0.1, 0.15) is 0 Å². The minimum atomic E-state index is 0.146. The molecule has 17 heavy (non-hydrogen) atoms. The second-order valence-corrected chi connectivity index (χ2v) is 4.85. The van der Waals surface area contributed by atoms with Gasteiger partial charge in [-0.25, -0.2) is 0 Å². The molecule has 1 aromatic rings. The molecule has 1 aromatic heterocycles. The quantitative estimate of drug-likeness (QED) is 0.850. The maximum Gasteiger partial charge on any atom is 0.230 e. The van der Waals surface area contributed by atoms with Gasteiger partial charge in [0, 0.05) is 19.2 Å². The van der Waals surface area contributed by atoms with Crippen LogP contribution in [0.4, 0.5) is 11.4 Å². The molecule has 2 rings (SSSR count). The van der Waals surface area contributed by atoms with E-state index in [1.807, 2.05) is 0 Å². The number of aromatic nitrogens is 1. The lowest BCUT2D eigenvalue weighted by atomic mass is 9.96. The second-order valence-electron chi connectivity index (χ2n) is 4.85. The van der Waals surface area contributed by atoms with Crippen molar-refractivity contribution in [2.45, 2.75) is 26.2 Å². The average molecular weight is 233 g/mol. The van der Waals surface area contributed by atoms with Crippen molar-refractivity contribution in [1.29, 1.82) is 0 Å². The van der Waals surface area contributed by atoms with Gasteiger partial charge >= 0.3 is 0 Å². The molecule has 0 saturated heterocycles. The number of hydrogen-bond donors (Lipinski definition) is 1. The van der Waals surface area contributed by atoms with Crippen LogP contribution in [0.15, 0.2) is 18.5 Å². The van der Waals surface area contributed by atoms with E-state index in [1.54, 1.807) is 30.4 Å². The molecular formula is C13H19N3O. The number of rotatable bonds is 2. The lowest BCUT2D eigenvalue weighted by Gasteiger charge is -2.24. The summed E-state index contributed by atoms with van der Waals surface area (Å²) in [5.74, 6) is 0.800. The molecule has 1 saturated carbocycles. The molecule has 0 aliphatic heterocycles. The fourth-order valence-corrected chi connectivity index (χ4v) is 2.58. The fraction of sp³-hybridized carbons (Fsp3) is 0.538. The van der Waals surface area contributed by atoms with Crippen molar-refractivity contribution >= 4 is 17.3 Å². The number of nitrogens with two attached hydrogens (primary N) is 1. The number of anilines is 2. The largest absolute Gasteiger partial charge is 0.396 e. The van der Waals surface area contributed by atoms with E-state index >= 15 is 0 Å². The van der Waals surface area contributed by atoms with E-state index in [0.717, 1.165) is 24.9 Å². The monoisotopic (exact) mass is 233 g/mol. The molecule has 1 aliphatic rings. The van der Waals surface area contributed by atoms with Crippen LogP contribution in [-0.4, -0.2) is 17.9 Å². The molecule has 4 heteroatoms. The van der Waals surface area contributed by atoms with Crippen molar-refractivity contribution in [3.05, 3.63) is 18.5 Å². The van der Waals surface area contributed by atoms with Crippen LogP contribution in [-0.2, 0) is 4.79 Å². The smallest absolute Gasteiger partial charge is 0.230 e. The van der Waals surface area contributed by atoms with E-state index in [0.29, 0.717) is 11.6 Å². The first kappa shape index (κ1) is 11.9. The molecular weight excluding hydrogens is 214 g/mol. The zero-order chi connectivity index (χ0) is 12.4. The van der Waals surface area contributed by atoms with Crippen LogP contribution in [0.2, 0.25) is 0 Å². The zero-order valence-corrected chi connectivity index (χ0v) is 10.4. The highest BCUT2D eigenvalue weighted by Crippen LogP contribution is 2.34. The van der Waals surface area contributed by atoms with Gasteiger partial charge in [-0.15, -0.1) is 0 Å². The lowest BCUT2D eigenvalue weighted by Crippen LogP contribution is -2.34. The summed E-state index contributed by atoms with van der Waals surface area (Å²) in [6.45, 7) is 2.15. The van der Waals surface area contributed by atoms with Gasteiger partial charge in [0.15, 0.2) is 0 Å². The molecule has 4 nitrogen and oxygen atoms in total. The Morgan fingerprint density at radius 1 is 1.53 bits per heavy atom. The molecule has 0 aromatic carbocycles. The van der Waals surface area contributed by atoms with E-state index in [2.05, 4.69) is 11.9 Å². The summed E-state index contributed by atoms with van der Waals surface area (Å²) in [7, 11) is 1.79. The molecule has 2 atom stereocenters. The Bertz CT molecular complexity index is 419. The van der Waals surface area contributed by atoms with Crippen LogP contribution in [0, 0.1) is 11.8 Å². The fourth-order valence-electron chi connectivity index (χ4n) is 2.58. The molecule has 1 aliphatic carbocycles. The molecule has 0 spiro atoms. The molecule has 1 fully saturated rings. The van der Waals surface area contributed by atoms with Crippen LogP contribution < -0.4 is 10.6 Å². The van der Waals surface area contributed by atoms with Crippen molar-refractivity contribution in [2.75, 3.05) is 17.7 Å². The summed E-state index contributed by atoms with van der Waals surface area (Å²) in [4.78, 5) is 18.0. The van der Waals surface area contributed by atoms with Gasteiger partial charge in [0.2, 0.25) is 5.91 Å². The molecule has 0 bridgehead atoms. The minimum Gasteiger partial charge on any atom is -0.396 e. The first-order chi connectivity index (χ1) is 8.11. The van der Waals surface area contributed by atoms with Gasteiger partial charge in [0.25, 0.3) is 0 Å². The number of carbonyl (C=O) groups excluding carboxylic acids is 1. The van der Waals surface area contributed by atoms with E-state index < -0.39 is 0 Å². The third-order valence-electron chi connectivity index (χ3n) is 3.70. The van der Waals surface area contributed by atoms with E-state index in [1.165, 1.54) is 0 Å². The number of nitrogen functional groups attached to an aromatic ring is 1. The van der Waals surface area contributed by atoms with Gasteiger partial charge in [-0.2, -0.15) is 0 Å². The Morgan fingerprint density at radius 3 is 2.88 bits per heavy atom. The number of amides is 1. The third kappa shape index (κ3) is 2.25. The van der Waals surface area contributed by atoms with Crippen LogP contribution in [0.25, 0.3) is 0 Å². The Balaban J connectivity index is 2.17. The van der Waals surface area contributed by atoms with Crippen LogP contribution in [0.5, 0.6) is 0 Å². The summed E-state index contributed by atoms with van der Waals surface area (Å²) >= 11 is 0. The summed E-state index contributed by atoms with van der Waals surface area (Å²) in [5.41, 5.74) is 7.14. The van der Waals surface area contributed by atoms with Crippen molar-refractivity contribution in [1.82, 2.24) is 4.98 Å². The highest BCUT2D eigenvalue weighted by molar-refractivity contribution is 5.97. The lowest BCUT2D eigenvalue weighted by molar-refractivity contribution is -0.122. The van der Waals surface area contributed by atoms with Gasteiger partial charge in [0.05, 0.1) is 17.6 Å². The summed E-state index contributed by atoms with van der Waals surface area (Å²) in [5, 5.41) is 0. The molecule has 1 heterocycles. The molecule has 92 valence electrons. The first-order valence-electron chi connectivity index (χ1n) is 6.08. The zero-order valence-electron chi connectivity index (χ0n) is 10.4. The highest BCUT2D eigenvalue weighted by Gasteiger charge is 2.32. The molecule has 1 amide bonds. The number of nitrogens with zero attached hydrogens (tertiary/aromatic N) is 2. The molecule has 0 radical (unpaired) electrons. The van der Waals surface area contributed by atoms with Crippen molar-refractivity contribution in [3.8, 4) is 0 Å². The van der Waals surface area contributed by atoms with Crippen LogP contribution in [0.1, 0.15) is 26.2 Å². The van der Waals surface area contributed by atoms with Gasteiger partial charge in [-0.05, 0) is 24.8 Å². The van der Waals surface area contributed by atoms with Gasteiger partial charge < -0.3 is 10.6 Å². The normalized spacial score (nSPS) is 23.6. The predicted octanol–water partition coefficient (Wildman–Crippen LogP) is 2.06. The van der Waals surface area contributed by atoms with E-state index in [9.17, 15) is 4.79 Å². The Morgan fingerprint density at radius 2 is 2.29 bits per heavy atom. The summed E-state index contributed by atoms with van der Waals surface area (Å²) < 4.78 is 0. The Hall–Kier alpha value is -1.58. The highest BCUT2D eigenvalue weighted by atomic mass is 16.2. The Kier molecular flexibility index (Phi) is 3.31. The topological polar surface area (TPSA) is 59.2 Å². The summed E-state index contributed by atoms with van der Waals surface area (Å²) in [6, 6.07) is 1.78. The van der Waals surface area contributed by atoms with E-state index in [4.69, 9.17) is 5.73 Å². The van der Waals surface area contributed by atoms with Crippen LogP contribution in [0.3, 0.4) is 0 Å². The van der Waals surface area contributed by atoms with Gasteiger partial charge in [-0.1, -0.05) is 13.3 Å². The predicted molar refractivity (Wildman–Crippen MR) is 68.6 cm³/mol. The second kappa shape index (κ2) is 4.73. The summed E-state index contributed by atoms with van der Waals surface area (Å²) in [6.07, 6.45) is 6.54. The third-order valence-corrected chi connectivity index (χ3v) is 3.70. The average Bonchev–Trinajstić information content (AvgIpc) is 2.74. The van der Waals surface area contributed by atoms with E-state index in [-0.39, 0.29) is 11.8 Å². The number of carbonyl (C=O) groups is 1. The number of pyridine rings is 1. The molecule has 2 unspecified atom stereocenters. The minimum absolute atomic E-state index is 0.146. The maximum absolute atomic E-state index is 12.4. The standard InChI is InChI=1S/C13H19N3O/c1-9-4-3-5-10(9)13(17)16(2)12-6-7-15-8-11(12)14/h6-10H,3-5,14H2,1-2H3.